The first kappa shape index (κ1) is 19.6. The van der Waals surface area contributed by atoms with E-state index in [0.717, 1.165) is 16.5 Å². The van der Waals surface area contributed by atoms with Crippen LogP contribution in [0, 0.1) is 0 Å². The maximum atomic E-state index is 12.0. The van der Waals surface area contributed by atoms with Crippen molar-refractivity contribution in [3.63, 3.8) is 0 Å². The number of aliphatic hydroxyl groups is 4. The molecule has 29 heavy (non-hydrogen) atoms. The number of pyridine rings is 1. The van der Waals surface area contributed by atoms with Crippen LogP contribution in [0.25, 0.3) is 21.9 Å². The van der Waals surface area contributed by atoms with Gasteiger partial charge in [-0.25, -0.2) is 0 Å². The molecule has 0 radical (unpaired) electrons. The Morgan fingerprint density at radius 1 is 0.931 bits per heavy atom. The number of rotatable bonds is 4. The highest BCUT2D eigenvalue weighted by molar-refractivity contribution is 5.86. The number of benzene rings is 2. The molecule has 2 heterocycles. The Morgan fingerprint density at radius 3 is 2.38 bits per heavy atom. The van der Waals surface area contributed by atoms with E-state index in [4.69, 9.17) is 9.47 Å². The Bertz CT molecular complexity index is 1050. The second kappa shape index (κ2) is 7.94. The highest BCUT2D eigenvalue weighted by Crippen LogP contribution is 2.28. The quantitative estimate of drug-likeness (QED) is 0.428. The van der Waals surface area contributed by atoms with Crippen molar-refractivity contribution in [3.8, 4) is 16.9 Å². The number of ether oxygens (including phenoxy) is 2. The Balaban J connectivity index is 1.54. The summed E-state index contributed by atoms with van der Waals surface area (Å²) in [7, 11) is 0. The largest absolute Gasteiger partial charge is 0.462 e. The number of aromatic nitrogens is 1. The van der Waals surface area contributed by atoms with E-state index in [1.165, 1.54) is 0 Å². The SMILES string of the molecule is O=c1[nH]ccc2ccc(-c3ccc(O[C@H]4O[C@H](CO)[C@@H](O)[C@@H](O)[C@H]4O)cc3)cc12. The second-order valence-electron chi connectivity index (χ2n) is 6.95. The van der Waals surface area contributed by atoms with E-state index < -0.39 is 37.3 Å². The predicted octanol–water partition coefficient (Wildman–Crippen LogP) is 0.374. The number of fused-ring (bicyclic) bond motifs is 1. The fraction of sp³-hybridized carbons (Fsp3) is 0.286. The molecule has 0 bridgehead atoms. The molecule has 1 fully saturated rings. The Hall–Kier alpha value is -2.75. The minimum atomic E-state index is -1.50. The van der Waals surface area contributed by atoms with Crippen molar-refractivity contribution in [1.29, 1.82) is 0 Å². The average molecular weight is 399 g/mol. The van der Waals surface area contributed by atoms with Crippen molar-refractivity contribution in [2.45, 2.75) is 30.7 Å². The van der Waals surface area contributed by atoms with Crippen molar-refractivity contribution in [2.75, 3.05) is 6.61 Å². The van der Waals surface area contributed by atoms with Crippen molar-refractivity contribution < 1.29 is 29.9 Å². The van der Waals surface area contributed by atoms with Gasteiger partial charge in [-0.15, -0.1) is 0 Å². The van der Waals surface area contributed by atoms with E-state index in [2.05, 4.69) is 4.98 Å². The average Bonchev–Trinajstić information content (AvgIpc) is 2.75. The highest BCUT2D eigenvalue weighted by atomic mass is 16.7. The van der Waals surface area contributed by atoms with Gasteiger partial charge in [0, 0.05) is 11.6 Å². The minimum Gasteiger partial charge on any atom is -0.462 e. The van der Waals surface area contributed by atoms with E-state index in [0.29, 0.717) is 11.1 Å². The van der Waals surface area contributed by atoms with Crippen molar-refractivity contribution in [1.82, 2.24) is 4.98 Å². The summed E-state index contributed by atoms with van der Waals surface area (Å²) in [4.78, 5) is 14.7. The molecule has 0 aliphatic carbocycles. The van der Waals surface area contributed by atoms with Crippen LogP contribution in [0.1, 0.15) is 0 Å². The highest BCUT2D eigenvalue weighted by Gasteiger charge is 2.44. The summed E-state index contributed by atoms with van der Waals surface area (Å²) in [6.07, 6.45) is -5.08. The van der Waals surface area contributed by atoms with Crippen LogP contribution in [0.4, 0.5) is 0 Å². The van der Waals surface area contributed by atoms with Crippen molar-refractivity contribution in [3.05, 3.63) is 65.1 Å². The fourth-order valence-electron chi connectivity index (χ4n) is 3.39. The molecular weight excluding hydrogens is 378 g/mol. The van der Waals surface area contributed by atoms with Gasteiger partial charge in [-0.1, -0.05) is 24.3 Å². The fourth-order valence-corrected chi connectivity index (χ4v) is 3.39. The number of aliphatic hydroxyl groups excluding tert-OH is 4. The monoisotopic (exact) mass is 399 g/mol. The third kappa shape index (κ3) is 3.76. The zero-order valence-corrected chi connectivity index (χ0v) is 15.3. The van der Waals surface area contributed by atoms with E-state index in [1.54, 1.807) is 30.5 Å². The van der Waals surface area contributed by atoms with Crippen molar-refractivity contribution in [2.24, 2.45) is 0 Å². The zero-order valence-electron chi connectivity index (χ0n) is 15.3. The zero-order chi connectivity index (χ0) is 20.5. The van der Waals surface area contributed by atoms with E-state index in [9.17, 15) is 25.2 Å². The third-order valence-corrected chi connectivity index (χ3v) is 5.06. The van der Waals surface area contributed by atoms with Gasteiger partial charge in [0.25, 0.3) is 5.56 Å². The van der Waals surface area contributed by atoms with E-state index >= 15 is 0 Å². The Labute approximate surface area is 165 Å². The molecule has 8 heteroatoms. The predicted molar refractivity (Wildman–Crippen MR) is 104 cm³/mol. The number of aromatic amines is 1. The molecule has 8 nitrogen and oxygen atoms in total. The summed E-state index contributed by atoms with van der Waals surface area (Å²) < 4.78 is 10.9. The van der Waals surface area contributed by atoms with Gasteiger partial charge in [0.1, 0.15) is 30.2 Å². The normalized spacial score (nSPS) is 27.1. The van der Waals surface area contributed by atoms with Gasteiger partial charge >= 0.3 is 0 Å². The summed E-state index contributed by atoms with van der Waals surface area (Å²) in [5, 5.41) is 40.4. The summed E-state index contributed by atoms with van der Waals surface area (Å²) in [6, 6.07) is 14.3. The molecular formula is C21H21NO7. The van der Waals surface area contributed by atoms with E-state index in [1.807, 2.05) is 24.3 Å². The van der Waals surface area contributed by atoms with Gasteiger partial charge in [-0.05, 0) is 40.8 Å². The molecule has 1 aliphatic rings. The van der Waals surface area contributed by atoms with Crippen LogP contribution in [-0.4, -0.2) is 62.7 Å². The molecule has 0 amide bonds. The van der Waals surface area contributed by atoms with E-state index in [-0.39, 0.29) is 5.56 Å². The van der Waals surface area contributed by atoms with Gasteiger partial charge in [-0.3, -0.25) is 4.79 Å². The Kier molecular flexibility index (Phi) is 5.35. The first-order valence-corrected chi connectivity index (χ1v) is 9.17. The third-order valence-electron chi connectivity index (χ3n) is 5.06. The smallest absolute Gasteiger partial charge is 0.255 e. The number of hydrogen-bond donors (Lipinski definition) is 5. The molecule has 4 rings (SSSR count). The van der Waals surface area contributed by atoms with Gasteiger partial charge in [-0.2, -0.15) is 0 Å². The first-order chi connectivity index (χ1) is 14.0. The van der Waals surface area contributed by atoms with Crippen LogP contribution in [0.15, 0.2) is 59.5 Å². The van der Waals surface area contributed by atoms with Gasteiger partial charge in [0.2, 0.25) is 6.29 Å². The maximum absolute atomic E-state index is 12.0. The molecule has 5 atom stereocenters. The molecule has 0 unspecified atom stereocenters. The molecule has 0 saturated carbocycles. The van der Waals surface area contributed by atoms with Crippen LogP contribution >= 0.6 is 0 Å². The van der Waals surface area contributed by atoms with Crippen LogP contribution in [0.2, 0.25) is 0 Å². The lowest BCUT2D eigenvalue weighted by molar-refractivity contribution is -0.277. The van der Waals surface area contributed by atoms with Crippen LogP contribution in [0.5, 0.6) is 5.75 Å². The lowest BCUT2D eigenvalue weighted by Gasteiger charge is -2.39. The topological polar surface area (TPSA) is 132 Å². The molecule has 5 N–H and O–H groups in total. The first-order valence-electron chi connectivity index (χ1n) is 9.17. The van der Waals surface area contributed by atoms with Crippen LogP contribution in [-0.2, 0) is 4.74 Å². The van der Waals surface area contributed by atoms with Crippen LogP contribution in [0.3, 0.4) is 0 Å². The molecule has 152 valence electrons. The van der Waals surface area contributed by atoms with Crippen molar-refractivity contribution >= 4 is 10.8 Å². The molecule has 3 aromatic rings. The number of nitrogens with one attached hydrogen (secondary N) is 1. The van der Waals surface area contributed by atoms with Gasteiger partial charge in [0.05, 0.1) is 6.61 Å². The standard InChI is InChI=1S/C21H21NO7/c23-10-16-17(24)18(25)19(26)21(29-16)28-14-5-3-11(4-6-14)13-2-1-12-7-8-22-20(27)15(12)9-13/h1-9,16-19,21,23-26H,10H2,(H,22,27)/t16-,17-,18-,19-,21+/m1/s1. The summed E-state index contributed by atoms with van der Waals surface area (Å²) in [6.45, 7) is -0.523. The number of hydrogen-bond acceptors (Lipinski definition) is 7. The molecule has 1 aromatic heterocycles. The molecule has 1 saturated heterocycles. The van der Waals surface area contributed by atoms with Gasteiger partial charge < -0.3 is 34.9 Å². The number of H-pyrrole nitrogens is 1. The molecule has 1 aliphatic heterocycles. The summed E-state index contributed by atoms with van der Waals surface area (Å²) in [5.41, 5.74) is 1.55. The molecule has 2 aromatic carbocycles. The molecule has 0 spiro atoms. The minimum absolute atomic E-state index is 0.160. The lowest BCUT2D eigenvalue weighted by Crippen LogP contribution is -2.60. The van der Waals surface area contributed by atoms with Crippen LogP contribution < -0.4 is 10.3 Å². The summed E-state index contributed by atoms with van der Waals surface area (Å²) in [5.74, 6) is 0.372. The maximum Gasteiger partial charge on any atom is 0.255 e. The second-order valence-corrected chi connectivity index (χ2v) is 6.95. The van der Waals surface area contributed by atoms with Gasteiger partial charge in [0.15, 0.2) is 0 Å². The lowest BCUT2D eigenvalue weighted by atomic mass is 9.99. The summed E-state index contributed by atoms with van der Waals surface area (Å²) >= 11 is 0. The Morgan fingerprint density at radius 2 is 1.66 bits per heavy atom.